The summed E-state index contributed by atoms with van der Waals surface area (Å²) in [5.41, 5.74) is 3.45. The number of nitrogens with zero attached hydrogens (tertiary/aromatic N) is 1. The summed E-state index contributed by atoms with van der Waals surface area (Å²) in [6, 6.07) is 6.00. The van der Waals surface area contributed by atoms with E-state index in [4.69, 9.17) is 0 Å². The van der Waals surface area contributed by atoms with E-state index in [1.54, 1.807) is 0 Å². The maximum atomic E-state index is 12.0. The number of nitrogens with one attached hydrogen (secondary N) is 2. The molecule has 2 N–H and O–H groups in total. The van der Waals surface area contributed by atoms with Gasteiger partial charge in [0.1, 0.15) is 6.04 Å². The molecule has 0 saturated carbocycles. The van der Waals surface area contributed by atoms with Crippen molar-refractivity contribution in [3.8, 4) is 0 Å². The molecule has 1 unspecified atom stereocenters. The zero-order chi connectivity index (χ0) is 12.7. The molecule has 1 saturated heterocycles. The van der Waals surface area contributed by atoms with Crippen molar-refractivity contribution in [2.75, 3.05) is 13.1 Å². The van der Waals surface area contributed by atoms with Gasteiger partial charge in [-0.1, -0.05) is 12.1 Å². The van der Waals surface area contributed by atoms with Crippen LogP contribution in [0.3, 0.4) is 0 Å². The fourth-order valence-electron chi connectivity index (χ4n) is 2.73. The van der Waals surface area contributed by atoms with Crippen LogP contribution < -0.4 is 10.6 Å². The highest BCUT2D eigenvalue weighted by atomic mass is 16.2. The Hall–Kier alpha value is -1.81. The quantitative estimate of drug-likeness (QED) is 0.791. The molecule has 1 aromatic carbocycles. The highest BCUT2D eigenvalue weighted by Gasteiger charge is 2.26. The molecule has 1 aliphatic heterocycles. The number of rotatable bonds is 1. The molecule has 1 atom stereocenters. The van der Waals surface area contributed by atoms with Gasteiger partial charge in [0.15, 0.2) is 0 Å². The van der Waals surface area contributed by atoms with Crippen LogP contribution in [0.25, 0.3) is 10.9 Å². The number of amides is 1. The molecule has 4 heteroatoms. The van der Waals surface area contributed by atoms with E-state index in [0.29, 0.717) is 6.54 Å². The lowest BCUT2D eigenvalue weighted by Crippen LogP contribution is -2.47. The van der Waals surface area contributed by atoms with Crippen LogP contribution >= 0.6 is 0 Å². The number of aryl methyl sites for hydroxylation is 2. The standard InChI is InChI=1S/C14H17N3O/c1-9-4-3-5-11-12(9)10(8-17(11)2)13-14(18)16-7-6-15-13/h3-5,8,13,15H,6-7H2,1-2H3,(H,16,18). The average Bonchev–Trinajstić information content (AvgIpc) is 2.69. The van der Waals surface area contributed by atoms with E-state index < -0.39 is 0 Å². The lowest BCUT2D eigenvalue weighted by atomic mass is 10.0. The summed E-state index contributed by atoms with van der Waals surface area (Å²) in [5, 5.41) is 7.40. The van der Waals surface area contributed by atoms with Crippen molar-refractivity contribution in [2.45, 2.75) is 13.0 Å². The van der Waals surface area contributed by atoms with Gasteiger partial charge in [0.25, 0.3) is 0 Å². The number of hydrogen-bond acceptors (Lipinski definition) is 2. The fraction of sp³-hybridized carbons (Fsp3) is 0.357. The molecular formula is C14H17N3O. The third-order valence-corrected chi connectivity index (χ3v) is 3.60. The first kappa shape index (κ1) is 11.3. The summed E-state index contributed by atoms with van der Waals surface area (Å²) >= 11 is 0. The largest absolute Gasteiger partial charge is 0.353 e. The Balaban J connectivity index is 2.20. The van der Waals surface area contributed by atoms with Crippen LogP contribution in [0, 0.1) is 6.92 Å². The molecule has 0 bridgehead atoms. The highest BCUT2D eigenvalue weighted by Crippen LogP contribution is 2.29. The SMILES string of the molecule is Cc1cccc2c1c(C1NCCNC1=O)cn2C. The fourth-order valence-corrected chi connectivity index (χ4v) is 2.73. The van der Waals surface area contributed by atoms with Gasteiger partial charge in [-0.15, -0.1) is 0 Å². The average molecular weight is 243 g/mol. The molecule has 0 spiro atoms. The van der Waals surface area contributed by atoms with Gasteiger partial charge in [-0.2, -0.15) is 0 Å². The minimum Gasteiger partial charge on any atom is -0.353 e. The first-order valence-electron chi connectivity index (χ1n) is 6.24. The molecule has 1 aromatic heterocycles. The molecule has 0 radical (unpaired) electrons. The van der Waals surface area contributed by atoms with Crippen LogP contribution in [0.4, 0.5) is 0 Å². The number of benzene rings is 1. The van der Waals surface area contributed by atoms with Gasteiger partial charge in [0.2, 0.25) is 5.91 Å². The summed E-state index contributed by atoms with van der Waals surface area (Å²) in [6.07, 6.45) is 2.06. The third-order valence-electron chi connectivity index (χ3n) is 3.60. The van der Waals surface area contributed by atoms with Gasteiger partial charge >= 0.3 is 0 Å². The second-order valence-corrected chi connectivity index (χ2v) is 4.84. The minimum absolute atomic E-state index is 0.0667. The predicted octanol–water partition coefficient (Wildman–Crippen LogP) is 1.25. The van der Waals surface area contributed by atoms with Crippen LogP contribution in [-0.4, -0.2) is 23.6 Å². The monoisotopic (exact) mass is 243 g/mol. The third kappa shape index (κ3) is 1.61. The molecule has 2 aromatic rings. The van der Waals surface area contributed by atoms with Gasteiger partial charge < -0.3 is 15.2 Å². The maximum absolute atomic E-state index is 12.0. The number of aromatic nitrogens is 1. The highest BCUT2D eigenvalue weighted by molar-refractivity contribution is 5.94. The normalized spacial score (nSPS) is 20.1. The van der Waals surface area contributed by atoms with E-state index in [-0.39, 0.29) is 11.9 Å². The molecule has 2 heterocycles. The molecular weight excluding hydrogens is 226 g/mol. The van der Waals surface area contributed by atoms with Crippen LogP contribution in [-0.2, 0) is 11.8 Å². The lowest BCUT2D eigenvalue weighted by molar-refractivity contribution is -0.124. The molecule has 94 valence electrons. The van der Waals surface area contributed by atoms with Gasteiger partial charge in [-0.25, -0.2) is 0 Å². The van der Waals surface area contributed by atoms with Crippen molar-refractivity contribution in [3.63, 3.8) is 0 Å². The second-order valence-electron chi connectivity index (χ2n) is 4.84. The Kier molecular flexibility index (Phi) is 2.59. The Morgan fingerprint density at radius 1 is 1.33 bits per heavy atom. The molecule has 1 aliphatic rings. The zero-order valence-corrected chi connectivity index (χ0v) is 10.7. The lowest BCUT2D eigenvalue weighted by Gasteiger charge is -2.23. The van der Waals surface area contributed by atoms with Crippen LogP contribution in [0.2, 0.25) is 0 Å². The second kappa shape index (κ2) is 4.14. The van der Waals surface area contributed by atoms with Crippen molar-refractivity contribution in [3.05, 3.63) is 35.5 Å². The Morgan fingerprint density at radius 3 is 2.94 bits per heavy atom. The number of piperazine rings is 1. The van der Waals surface area contributed by atoms with Crippen LogP contribution in [0.1, 0.15) is 17.2 Å². The summed E-state index contributed by atoms with van der Waals surface area (Å²) in [4.78, 5) is 12.0. The van der Waals surface area contributed by atoms with Gasteiger partial charge in [0, 0.05) is 42.8 Å². The zero-order valence-electron chi connectivity index (χ0n) is 10.7. The number of carbonyl (C=O) groups excluding carboxylic acids is 1. The summed E-state index contributed by atoms with van der Waals surface area (Å²) in [7, 11) is 2.02. The van der Waals surface area contributed by atoms with Crippen molar-refractivity contribution in [1.29, 1.82) is 0 Å². The van der Waals surface area contributed by atoms with Crippen LogP contribution in [0.15, 0.2) is 24.4 Å². The van der Waals surface area contributed by atoms with Gasteiger partial charge in [-0.05, 0) is 18.6 Å². The first-order chi connectivity index (χ1) is 8.68. The van der Waals surface area contributed by atoms with E-state index in [0.717, 1.165) is 12.1 Å². The smallest absolute Gasteiger partial charge is 0.241 e. The van der Waals surface area contributed by atoms with E-state index in [9.17, 15) is 4.79 Å². The first-order valence-corrected chi connectivity index (χ1v) is 6.24. The Bertz CT molecular complexity index is 615. The summed E-state index contributed by atoms with van der Waals surface area (Å²) < 4.78 is 2.08. The van der Waals surface area contributed by atoms with E-state index in [2.05, 4.69) is 46.5 Å². The van der Waals surface area contributed by atoms with E-state index in [1.807, 2.05) is 7.05 Å². The van der Waals surface area contributed by atoms with Crippen molar-refractivity contribution >= 4 is 16.8 Å². The van der Waals surface area contributed by atoms with Crippen molar-refractivity contribution < 1.29 is 4.79 Å². The predicted molar refractivity (Wildman–Crippen MR) is 71.4 cm³/mol. The summed E-state index contributed by atoms with van der Waals surface area (Å²) in [6.45, 7) is 3.62. The van der Waals surface area contributed by atoms with Gasteiger partial charge in [-0.3, -0.25) is 4.79 Å². The molecule has 1 amide bonds. The molecule has 3 rings (SSSR count). The topological polar surface area (TPSA) is 46.1 Å². The number of fused-ring (bicyclic) bond motifs is 1. The van der Waals surface area contributed by atoms with Crippen LogP contribution in [0.5, 0.6) is 0 Å². The maximum Gasteiger partial charge on any atom is 0.241 e. The van der Waals surface area contributed by atoms with Crippen molar-refractivity contribution in [1.82, 2.24) is 15.2 Å². The molecule has 1 fully saturated rings. The molecule has 4 nitrogen and oxygen atoms in total. The van der Waals surface area contributed by atoms with Gasteiger partial charge in [0.05, 0.1) is 0 Å². The minimum atomic E-state index is -0.233. The Morgan fingerprint density at radius 2 is 2.17 bits per heavy atom. The van der Waals surface area contributed by atoms with Crippen molar-refractivity contribution in [2.24, 2.45) is 7.05 Å². The molecule has 0 aliphatic carbocycles. The number of carbonyl (C=O) groups is 1. The molecule has 18 heavy (non-hydrogen) atoms. The van der Waals surface area contributed by atoms with E-state index in [1.165, 1.54) is 16.5 Å². The van der Waals surface area contributed by atoms with E-state index >= 15 is 0 Å². The number of hydrogen-bond donors (Lipinski definition) is 2. The summed E-state index contributed by atoms with van der Waals surface area (Å²) in [5.74, 6) is 0.0667. The Labute approximate surface area is 106 Å².